The molecule has 2 aliphatic carbocycles. The maximum atomic E-state index is 3.88. The molecule has 1 unspecified atom stereocenters. The third-order valence-electron chi connectivity index (χ3n) is 5.91. The van der Waals surface area contributed by atoms with Crippen molar-refractivity contribution in [2.45, 2.75) is 56.5 Å². The maximum Gasteiger partial charge on any atom is 0.0450 e. The van der Waals surface area contributed by atoms with E-state index in [1.54, 1.807) is 0 Å². The van der Waals surface area contributed by atoms with Crippen molar-refractivity contribution in [1.82, 2.24) is 10.2 Å². The molecule has 0 aromatic heterocycles. The highest BCUT2D eigenvalue weighted by atomic mass is 15.3. The predicted octanol–water partition coefficient (Wildman–Crippen LogP) is 3.75. The van der Waals surface area contributed by atoms with E-state index in [1.165, 1.54) is 70.1 Å². The Kier molecular flexibility index (Phi) is 3.76. The van der Waals surface area contributed by atoms with Crippen molar-refractivity contribution in [2.24, 2.45) is 5.92 Å². The molecule has 4 rings (SSSR count). The fourth-order valence-corrected chi connectivity index (χ4v) is 4.40. The molecule has 2 saturated carbocycles. The molecule has 21 heavy (non-hydrogen) atoms. The summed E-state index contributed by atoms with van der Waals surface area (Å²) in [5.41, 5.74) is 1.94. The van der Waals surface area contributed by atoms with Crippen LogP contribution in [-0.4, -0.2) is 30.1 Å². The quantitative estimate of drug-likeness (QED) is 0.909. The SMILES string of the molecule is c1ccc(C2CN(CC3CC3)C3(CCCCC3)CN2)cc1. The first-order valence-corrected chi connectivity index (χ1v) is 8.89. The minimum absolute atomic E-state index is 0.478. The second kappa shape index (κ2) is 5.73. The van der Waals surface area contributed by atoms with Gasteiger partial charge in [0, 0.05) is 31.2 Å². The van der Waals surface area contributed by atoms with Crippen LogP contribution in [0.2, 0.25) is 0 Å². The summed E-state index contributed by atoms with van der Waals surface area (Å²) in [5, 5.41) is 3.88. The second-order valence-corrected chi connectivity index (χ2v) is 7.48. The van der Waals surface area contributed by atoms with E-state index < -0.39 is 0 Å². The Morgan fingerprint density at radius 3 is 2.52 bits per heavy atom. The molecule has 1 spiro atoms. The zero-order chi connectivity index (χ0) is 14.1. The Morgan fingerprint density at radius 1 is 1.05 bits per heavy atom. The number of nitrogens with one attached hydrogen (secondary N) is 1. The summed E-state index contributed by atoms with van der Waals surface area (Å²) in [6.45, 7) is 3.75. The van der Waals surface area contributed by atoms with Crippen LogP contribution in [-0.2, 0) is 0 Å². The summed E-state index contributed by atoms with van der Waals surface area (Å²) in [4.78, 5) is 2.89. The van der Waals surface area contributed by atoms with Crippen molar-refractivity contribution >= 4 is 0 Å². The molecular formula is C19H28N2. The average Bonchev–Trinajstić information content (AvgIpc) is 3.36. The molecule has 1 N–H and O–H groups in total. The highest BCUT2D eigenvalue weighted by Gasteiger charge is 2.44. The zero-order valence-corrected chi connectivity index (χ0v) is 13.1. The first-order valence-electron chi connectivity index (χ1n) is 8.89. The van der Waals surface area contributed by atoms with E-state index in [0.29, 0.717) is 11.6 Å². The fourth-order valence-electron chi connectivity index (χ4n) is 4.40. The lowest BCUT2D eigenvalue weighted by Crippen LogP contribution is -2.63. The third kappa shape index (κ3) is 2.89. The highest BCUT2D eigenvalue weighted by molar-refractivity contribution is 5.21. The Labute approximate surface area is 128 Å². The van der Waals surface area contributed by atoms with Crippen LogP contribution in [0.15, 0.2) is 30.3 Å². The average molecular weight is 284 g/mol. The van der Waals surface area contributed by atoms with Gasteiger partial charge in [-0.25, -0.2) is 0 Å². The van der Waals surface area contributed by atoms with Crippen molar-refractivity contribution < 1.29 is 0 Å². The molecule has 0 bridgehead atoms. The van der Waals surface area contributed by atoms with E-state index in [1.807, 2.05) is 0 Å². The number of hydrogen-bond acceptors (Lipinski definition) is 2. The lowest BCUT2D eigenvalue weighted by Gasteiger charge is -2.52. The van der Waals surface area contributed by atoms with Gasteiger partial charge < -0.3 is 5.32 Å². The molecule has 1 aromatic carbocycles. The molecule has 2 heteroatoms. The summed E-state index contributed by atoms with van der Waals surface area (Å²) in [7, 11) is 0. The minimum Gasteiger partial charge on any atom is -0.307 e. The lowest BCUT2D eigenvalue weighted by atomic mass is 9.77. The molecule has 1 atom stereocenters. The van der Waals surface area contributed by atoms with E-state index in [0.717, 1.165) is 5.92 Å². The summed E-state index contributed by atoms with van der Waals surface area (Å²) in [6, 6.07) is 11.6. The van der Waals surface area contributed by atoms with Gasteiger partial charge >= 0.3 is 0 Å². The molecule has 0 radical (unpaired) electrons. The molecule has 1 aromatic rings. The Bertz CT molecular complexity index is 460. The first kappa shape index (κ1) is 13.8. The van der Waals surface area contributed by atoms with Crippen LogP contribution in [0.25, 0.3) is 0 Å². The van der Waals surface area contributed by atoms with Crippen molar-refractivity contribution in [3.8, 4) is 0 Å². The van der Waals surface area contributed by atoms with Crippen molar-refractivity contribution in [3.63, 3.8) is 0 Å². The van der Waals surface area contributed by atoms with Gasteiger partial charge in [-0.2, -0.15) is 0 Å². The van der Waals surface area contributed by atoms with Gasteiger partial charge in [0.25, 0.3) is 0 Å². The normalized spacial score (nSPS) is 29.6. The number of piperazine rings is 1. The second-order valence-electron chi connectivity index (χ2n) is 7.48. The first-order chi connectivity index (χ1) is 10.4. The molecule has 3 aliphatic rings. The molecular weight excluding hydrogens is 256 g/mol. The molecule has 3 fully saturated rings. The summed E-state index contributed by atoms with van der Waals surface area (Å²) in [5.74, 6) is 0.998. The van der Waals surface area contributed by atoms with Crippen LogP contribution in [0.4, 0.5) is 0 Å². The highest BCUT2D eigenvalue weighted by Crippen LogP contribution is 2.40. The molecule has 1 heterocycles. The maximum absolute atomic E-state index is 3.88. The lowest BCUT2D eigenvalue weighted by molar-refractivity contribution is 0.00601. The third-order valence-corrected chi connectivity index (χ3v) is 5.91. The molecule has 114 valence electrons. The number of hydrogen-bond donors (Lipinski definition) is 1. The van der Waals surface area contributed by atoms with Gasteiger partial charge in [0.15, 0.2) is 0 Å². The van der Waals surface area contributed by atoms with Crippen LogP contribution in [0.3, 0.4) is 0 Å². The smallest absolute Gasteiger partial charge is 0.0450 e. The van der Waals surface area contributed by atoms with Crippen LogP contribution >= 0.6 is 0 Å². The van der Waals surface area contributed by atoms with E-state index in [2.05, 4.69) is 40.5 Å². The number of nitrogens with zero attached hydrogens (tertiary/aromatic N) is 1. The minimum atomic E-state index is 0.478. The van der Waals surface area contributed by atoms with Crippen LogP contribution < -0.4 is 5.32 Å². The van der Waals surface area contributed by atoms with Gasteiger partial charge in [-0.15, -0.1) is 0 Å². The van der Waals surface area contributed by atoms with Gasteiger partial charge in [-0.1, -0.05) is 49.6 Å². The van der Waals surface area contributed by atoms with Crippen molar-refractivity contribution in [2.75, 3.05) is 19.6 Å². The number of benzene rings is 1. The summed E-state index contributed by atoms with van der Waals surface area (Å²) >= 11 is 0. The zero-order valence-electron chi connectivity index (χ0n) is 13.1. The molecule has 1 saturated heterocycles. The van der Waals surface area contributed by atoms with Gasteiger partial charge in [0.05, 0.1) is 0 Å². The van der Waals surface area contributed by atoms with Crippen LogP contribution in [0.1, 0.15) is 56.6 Å². The van der Waals surface area contributed by atoms with E-state index in [9.17, 15) is 0 Å². The number of rotatable bonds is 3. The van der Waals surface area contributed by atoms with Crippen LogP contribution in [0, 0.1) is 5.92 Å². The van der Waals surface area contributed by atoms with E-state index >= 15 is 0 Å². The van der Waals surface area contributed by atoms with Crippen LogP contribution in [0.5, 0.6) is 0 Å². The standard InChI is InChI=1S/C19H28N2/c1-3-7-17(8-4-1)18-14-21(13-16-9-10-16)19(15-20-18)11-5-2-6-12-19/h1,3-4,7-8,16,18,20H,2,5-6,9-15H2. The molecule has 2 nitrogen and oxygen atoms in total. The summed E-state index contributed by atoms with van der Waals surface area (Å²) < 4.78 is 0. The topological polar surface area (TPSA) is 15.3 Å². The van der Waals surface area contributed by atoms with E-state index in [-0.39, 0.29) is 0 Å². The molecule has 0 amide bonds. The van der Waals surface area contributed by atoms with Gasteiger partial charge in [-0.05, 0) is 37.2 Å². The van der Waals surface area contributed by atoms with E-state index in [4.69, 9.17) is 0 Å². The predicted molar refractivity (Wildman–Crippen MR) is 87.3 cm³/mol. The monoisotopic (exact) mass is 284 g/mol. The Hall–Kier alpha value is -0.860. The largest absolute Gasteiger partial charge is 0.307 e. The summed E-state index contributed by atoms with van der Waals surface area (Å²) in [6.07, 6.45) is 10.1. The van der Waals surface area contributed by atoms with Crippen molar-refractivity contribution in [1.29, 1.82) is 0 Å². The fraction of sp³-hybridized carbons (Fsp3) is 0.684. The Balaban J connectivity index is 1.53. The van der Waals surface area contributed by atoms with Crippen molar-refractivity contribution in [3.05, 3.63) is 35.9 Å². The van der Waals surface area contributed by atoms with Gasteiger partial charge in [-0.3, -0.25) is 4.90 Å². The molecule has 1 aliphatic heterocycles. The van der Waals surface area contributed by atoms with Gasteiger partial charge in [0.2, 0.25) is 0 Å². The van der Waals surface area contributed by atoms with Gasteiger partial charge in [0.1, 0.15) is 0 Å². The Morgan fingerprint density at radius 2 is 1.81 bits per heavy atom.